The SMILES string of the molecule is CN(C)C(=O)CN=C(NCCN1CCOCC1)N1CCC(Cc2ccccc2)C1.I. The van der Waals surface area contributed by atoms with Crippen LogP contribution in [0.15, 0.2) is 35.3 Å². The Hall–Kier alpha value is -1.39. The summed E-state index contributed by atoms with van der Waals surface area (Å²) in [4.78, 5) is 23.0. The van der Waals surface area contributed by atoms with Gasteiger partial charge in [0.15, 0.2) is 5.96 Å². The van der Waals surface area contributed by atoms with Crippen molar-refractivity contribution in [1.29, 1.82) is 0 Å². The number of aliphatic imine (C=N–C) groups is 1. The molecule has 2 heterocycles. The molecule has 1 unspecified atom stereocenters. The molecule has 0 spiro atoms. The first kappa shape index (κ1) is 24.9. The van der Waals surface area contributed by atoms with Crippen LogP contribution < -0.4 is 5.32 Å². The third-order valence-corrected chi connectivity index (χ3v) is 5.63. The monoisotopic (exact) mass is 529 g/mol. The first-order valence-electron chi connectivity index (χ1n) is 10.7. The summed E-state index contributed by atoms with van der Waals surface area (Å²) in [6.45, 7) is 7.53. The van der Waals surface area contributed by atoms with E-state index in [1.807, 2.05) is 0 Å². The highest BCUT2D eigenvalue weighted by Gasteiger charge is 2.25. The lowest BCUT2D eigenvalue weighted by Gasteiger charge is -2.28. The fourth-order valence-corrected chi connectivity index (χ4v) is 3.84. The molecule has 0 bridgehead atoms. The van der Waals surface area contributed by atoms with E-state index in [1.165, 1.54) is 5.56 Å². The van der Waals surface area contributed by atoms with Crippen molar-refractivity contribution in [2.45, 2.75) is 12.8 Å². The predicted molar refractivity (Wildman–Crippen MR) is 131 cm³/mol. The van der Waals surface area contributed by atoms with E-state index < -0.39 is 0 Å². The topological polar surface area (TPSA) is 60.4 Å². The number of morpholine rings is 1. The zero-order chi connectivity index (χ0) is 20.5. The van der Waals surface area contributed by atoms with Crippen molar-refractivity contribution in [2.75, 3.05) is 73.1 Å². The molecular weight excluding hydrogens is 493 g/mol. The Balaban J connectivity index is 0.00000320. The van der Waals surface area contributed by atoms with Crippen molar-refractivity contribution < 1.29 is 9.53 Å². The van der Waals surface area contributed by atoms with E-state index >= 15 is 0 Å². The number of carbonyl (C=O) groups is 1. The number of rotatable bonds is 7. The number of ether oxygens (including phenoxy) is 1. The van der Waals surface area contributed by atoms with Gasteiger partial charge in [-0.3, -0.25) is 9.69 Å². The largest absolute Gasteiger partial charge is 0.379 e. The normalized spacial score (nSPS) is 20.0. The third-order valence-electron chi connectivity index (χ3n) is 5.63. The Bertz CT molecular complexity index is 665. The number of benzene rings is 1. The van der Waals surface area contributed by atoms with Gasteiger partial charge < -0.3 is 19.9 Å². The fourth-order valence-electron chi connectivity index (χ4n) is 3.84. The smallest absolute Gasteiger partial charge is 0.243 e. The molecule has 168 valence electrons. The minimum atomic E-state index is 0. The summed E-state index contributed by atoms with van der Waals surface area (Å²) in [5, 5.41) is 3.51. The summed E-state index contributed by atoms with van der Waals surface area (Å²) in [6, 6.07) is 10.7. The summed E-state index contributed by atoms with van der Waals surface area (Å²) in [6.07, 6.45) is 2.25. The first-order chi connectivity index (χ1) is 14.1. The summed E-state index contributed by atoms with van der Waals surface area (Å²) in [7, 11) is 3.55. The highest BCUT2D eigenvalue weighted by atomic mass is 127. The van der Waals surface area contributed by atoms with Crippen molar-refractivity contribution in [1.82, 2.24) is 20.0 Å². The number of nitrogens with zero attached hydrogens (tertiary/aromatic N) is 4. The molecule has 2 aliphatic rings. The van der Waals surface area contributed by atoms with Crippen LogP contribution in [0.4, 0.5) is 0 Å². The van der Waals surface area contributed by atoms with Crippen LogP contribution in [0.3, 0.4) is 0 Å². The van der Waals surface area contributed by atoms with Gasteiger partial charge >= 0.3 is 0 Å². The van der Waals surface area contributed by atoms with Gasteiger partial charge in [0, 0.05) is 53.4 Å². The van der Waals surface area contributed by atoms with Crippen molar-refractivity contribution >= 4 is 35.8 Å². The molecule has 0 aliphatic carbocycles. The van der Waals surface area contributed by atoms with Gasteiger partial charge in [0.25, 0.3) is 0 Å². The standard InChI is InChI=1S/C22H35N5O2.HI/c1-25(2)21(28)17-24-22(23-9-11-26-12-14-29-15-13-26)27-10-8-20(18-27)16-19-6-4-3-5-7-19;/h3-7,20H,8-18H2,1-2H3,(H,23,24);1H. The van der Waals surface area contributed by atoms with E-state index in [4.69, 9.17) is 4.74 Å². The Morgan fingerprint density at radius 3 is 2.63 bits per heavy atom. The average Bonchev–Trinajstić information content (AvgIpc) is 3.20. The van der Waals surface area contributed by atoms with Gasteiger partial charge in [-0.05, 0) is 24.3 Å². The maximum atomic E-state index is 12.0. The molecule has 1 atom stereocenters. The van der Waals surface area contributed by atoms with Crippen molar-refractivity contribution in [3.8, 4) is 0 Å². The molecule has 30 heavy (non-hydrogen) atoms. The second-order valence-corrected chi connectivity index (χ2v) is 8.10. The van der Waals surface area contributed by atoms with Crippen LogP contribution in [-0.4, -0.2) is 99.7 Å². The maximum Gasteiger partial charge on any atom is 0.243 e. The van der Waals surface area contributed by atoms with Gasteiger partial charge in [0.05, 0.1) is 13.2 Å². The minimum Gasteiger partial charge on any atom is -0.379 e. The number of carbonyl (C=O) groups excluding carboxylic acids is 1. The number of guanidine groups is 1. The summed E-state index contributed by atoms with van der Waals surface area (Å²) in [5.74, 6) is 1.51. The van der Waals surface area contributed by atoms with Crippen molar-refractivity contribution in [2.24, 2.45) is 10.9 Å². The predicted octanol–water partition coefficient (Wildman–Crippen LogP) is 1.54. The maximum absolute atomic E-state index is 12.0. The van der Waals surface area contributed by atoms with E-state index in [0.29, 0.717) is 5.92 Å². The van der Waals surface area contributed by atoms with Gasteiger partial charge in [-0.15, -0.1) is 24.0 Å². The van der Waals surface area contributed by atoms with Crippen LogP contribution >= 0.6 is 24.0 Å². The second-order valence-electron chi connectivity index (χ2n) is 8.10. The van der Waals surface area contributed by atoms with Crippen LogP contribution in [0.1, 0.15) is 12.0 Å². The number of amides is 1. The fraction of sp³-hybridized carbons (Fsp3) is 0.636. The molecule has 8 heteroatoms. The molecule has 1 amide bonds. The lowest BCUT2D eigenvalue weighted by molar-refractivity contribution is -0.127. The Morgan fingerprint density at radius 2 is 1.93 bits per heavy atom. The van der Waals surface area contributed by atoms with Gasteiger partial charge in [0.1, 0.15) is 6.54 Å². The number of nitrogens with one attached hydrogen (secondary N) is 1. The van der Waals surface area contributed by atoms with Crippen LogP contribution in [0.2, 0.25) is 0 Å². The molecule has 2 fully saturated rings. The highest BCUT2D eigenvalue weighted by molar-refractivity contribution is 14.0. The number of hydrogen-bond donors (Lipinski definition) is 1. The van der Waals surface area contributed by atoms with E-state index in [9.17, 15) is 4.79 Å². The zero-order valence-electron chi connectivity index (χ0n) is 18.3. The third kappa shape index (κ3) is 8.03. The van der Waals surface area contributed by atoms with Crippen LogP contribution in [0.25, 0.3) is 0 Å². The average molecular weight is 529 g/mol. The van der Waals surface area contributed by atoms with Crippen molar-refractivity contribution in [3.63, 3.8) is 0 Å². The van der Waals surface area contributed by atoms with E-state index in [2.05, 4.69) is 50.4 Å². The van der Waals surface area contributed by atoms with Gasteiger partial charge in [-0.25, -0.2) is 4.99 Å². The van der Waals surface area contributed by atoms with E-state index in [-0.39, 0.29) is 36.4 Å². The van der Waals surface area contributed by atoms with Crippen LogP contribution in [0.5, 0.6) is 0 Å². The Morgan fingerprint density at radius 1 is 1.20 bits per heavy atom. The van der Waals surface area contributed by atoms with Crippen LogP contribution in [0, 0.1) is 5.92 Å². The van der Waals surface area contributed by atoms with Gasteiger partial charge in [0.2, 0.25) is 5.91 Å². The van der Waals surface area contributed by atoms with E-state index in [0.717, 1.165) is 71.3 Å². The molecule has 1 aromatic rings. The summed E-state index contributed by atoms with van der Waals surface area (Å²) >= 11 is 0. The zero-order valence-corrected chi connectivity index (χ0v) is 20.6. The molecule has 0 aromatic heterocycles. The minimum absolute atomic E-state index is 0. The van der Waals surface area contributed by atoms with Crippen LogP contribution in [-0.2, 0) is 16.0 Å². The molecule has 3 rings (SSSR count). The lowest BCUT2D eigenvalue weighted by Crippen LogP contribution is -2.46. The van der Waals surface area contributed by atoms with Crippen molar-refractivity contribution in [3.05, 3.63) is 35.9 Å². The lowest BCUT2D eigenvalue weighted by atomic mass is 9.99. The molecule has 2 saturated heterocycles. The number of likely N-dealkylation sites (N-methyl/N-ethyl adjacent to an activating group) is 1. The number of halogens is 1. The second kappa shape index (κ2) is 13.1. The molecule has 7 nitrogen and oxygen atoms in total. The molecular formula is C22H36IN5O2. The number of hydrogen-bond acceptors (Lipinski definition) is 4. The van der Waals surface area contributed by atoms with Gasteiger partial charge in [-0.1, -0.05) is 30.3 Å². The molecule has 0 saturated carbocycles. The summed E-state index contributed by atoms with van der Waals surface area (Å²) in [5.41, 5.74) is 1.39. The molecule has 1 aromatic carbocycles. The van der Waals surface area contributed by atoms with Gasteiger partial charge in [-0.2, -0.15) is 0 Å². The highest BCUT2D eigenvalue weighted by Crippen LogP contribution is 2.21. The Kier molecular flexibility index (Phi) is 10.9. The summed E-state index contributed by atoms with van der Waals surface area (Å²) < 4.78 is 5.42. The molecule has 0 radical (unpaired) electrons. The van der Waals surface area contributed by atoms with E-state index in [1.54, 1.807) is 19.0 Å². The molecule has 2 aliphatic heterocycles. The molecule has 1 N–H and O–H groups in total. The number of likely N-dealkylation sites (tertiary alicyclic amines) is 1. The first-order valence-corrected chi connectivity index (χ1v) is 10.7. The quantitative estimate of drug-likeness (QED) is 0.330. The Labute approximate surface area is 197 Å².